The van der Waals surface area contributed by atoms with Crippen molar-refractivity contribution in [1.82, 2.24) is 4.90 Å². The van der Waals surface area contributed by atoms with Crippen molar-refractivity contribution in [2.24, 2.45) is 0 Å². The first kappa shape index (κ1) is 13.5. The van der Waals surface area contributed by atoms with Gasteiger partial charge in [0, 0.05) is 24.3 Å². The van der Waals surface area contributed by atoms with Crippen LogP contribution in [-0.4, -0.2) is 41.5 Å². The Labute approximate surface area is 112 Å². The predicted octanol–water partition coefficient (Wildman–Crippen LogP) is 1.80. The summed E-state index contributed by atoms with van der Waals surface area (Å²) in [5, 5.41) is 12.4. The second kappa shape index (κ2) is 5.84. The molecule has 0 bridgehead atoms. The van der Waals surface area contributed by atoms with Crippen molar-refractivity contribution in [3.8, 4) is 0 Å². The average molecular weight is 262 g/mol. The van der Waals surface area contributed by atoms with Gasteiger partial charge in [-0.1, -0.05) is 12.1 Å². The lowest BCUT2D eigenvalue weighted by atomic mass is 10.1. The number of anilines is 1. The Morgan fingerprint density at radius 3 is 3.00 bits per heavy atom. The number of likely N-dealkylation sites (tertiary alicyclic amines) is 1. The number of aliphatic hydroxyl groups excluding tert-OH is 1. The van der Waals surface area contributed by atoms with E-state index < -0.39 is 6.10 Å². The maximum absolute atomic E-state index is 12.1. The molecule has 0 aromatic heterocycles. The van der Waals surface area contributed by atoms with Crippen LogP contribution < -0.4 is 5.32 Å². The Morgan fingerprint density at radius 2 is 2.32 bits per heavy atom. The predicted molar refractivity (Wildman–Crippen MR) is 72.4 cm³/mol. The van der Waals surface area contributed by atoms with Crippen molar-refractivity contribution in [3.63, 3.8) is 0 Å². The summed E-state index contributed by atoms with van der Waals surface area (Å²) in [7, 11) is 0. The van der Waals surface area contributed by atoms with Crippen molar-refractivity contribution in [1.29, 1.82) is 0 Å². The number of carbonyl (C=O) groups is 2. The fraction of sp³-hybridized carbons (Fsp3) is 0.429. The van der Waals surface area contributed by atoms with Crippen molar-refractivity contribution in [2.45, 2.75) is 25.9 Å². The minimum atomic E-state index is -0.443. The van der Waals surface area contributed by atoms with Crippen LogP contribution in [0.2, 0.25) is 0 Å². The van der Waals surface area contributed by atoms with Crippen LogP contribution >= 0.6 is 0 Å². The van der Waals surface area contributed by atoms with E-state index >= 15 is 0 Å². The van der Waals surface area contributed by atoms with Crippen molar-refractivity contribution in [3.05, 3.63) is 29.3 Å². The lowest BCUT2D eigenvalue weighted by molar-refractivity contribution is 0.0883. The zero-order valence-electron chi connectivity index (χ0n) is 10.9. The van der Waals surface area contributed by atoms with Gasteiger partial charge >= 0.3 is 6.03 Å². The smallest absolute Gasteiger partial charge is 0.321 e. The quantitative estimate of drug-likeness (QED) is 0.798. The summed E-state index contributed by atoms with van der Waals surface area (Å²) < 4.78 is 0. The molecule has 1 atom stereocenters. The van der Waals surface area contributed by atoms with Gasteiger partial charge in [-0.25, -0.2) is 4.79 Å². The molecule has 5 heteroatoms. The van der Waals surface area contributed by atoms with Gasteiger partial charge in [-0.05, 0) is 31.4 Å². The maximum atomic E-state index is 12.1. The summed E-state index contributed by atoms with van der Waals surface area (Å²) in [5.41, 5.74) is 1.95. The number of nitrogens with one attached hydrogen (secondary N) is 1. The summed E-state index contributed by atoms with van der Waals surface area (Å²) in [6.45, 7) is 2.80. The number of β-amino-alcohol motifs (C(OH)–C–C–N with tert-alkyl or cyclic N) is 1. The molecule has 2 amide bonds. The highest BCUT2D eigenvalue weighted by molar-refractivity contribution is 5.92. The molecule has 2 N–H and O–H groups in total. The monoisotopic (exact) mass is 262 g/mol. The zero-order chi connectivity index (χ0) is 13.8. The molecule has 0 spiro atoms. The molecule has 0 radical (unpaired) electrons. The number of urea groups is 1. The van der Waals surface area contributed by atoms with E-state index in [2.05, 4.69) is 5.32 Å². The SMILES string of the molecule is Cc1c(C=O)cccc1NC(=O)N1CCCC(O)C1. The van der Waals surface area contributed by atoms with Crippen molar-refractivity contribution < 1.29 is 14.7 Å². The van der Waals surface area contributed by atoms with E-state index in [4.69, 9.17) is 0 Å². The van der Waals surface area contributed by atoms with Crippen LogP contribution in [0.4, 0.5) is 10.5 Å². The van der Waals surface area contributed by atoms with Crippen LogP contribution in [0.25, 0.3) is 0 Å². The minimum absolute atomic E-state index is 0.232. The Morgan fingerprint density at radius 1 is 1.53 bits per heavy atom. The summed E-state index contributed by atoms with van der Waals surface area (Å²) in [5.74, 6) is 0. The first-order valence-corrected chi connectivity index (χ1v) is 6.40. The topological polar surface area (TPSA) is 69.6 Å². The number of benzene rings is 1. The summed E-state index contributed by atoms with van der Waals surface area (Å²) >= 11 is 0. The minimum Gasteiger partial charge on any atom is -0.391 e. The number of carbonyl (C=O) groups excluding carboxylic acids is 2. The molecule has 1 aromatic carbocycles. The van der Waals surface area contributed by atoms with E-state index in [1.807, 2.05) is 0 Å². The zero-order valence-corrected chi connectivity index (χ0v) is 10.9. The first-order valence-electron chi connectivity index (χ1n) is 6.40. The molecule has 1 saturated heterocycles. The third-order valence-corrected chi connectivity index (χ3v) is 3.43. The molecule has 19 heavy (non-hydrogen) atoms. The lowest BCUT2D eigenvalue weighted by Crippen LogP contribution is -2.44. The standard InChI is InChI=1S/C14H18N2O3/c1-10-11(9-17)4-2-6-13(10)15-14(19)16-7-3-5-12(18)8-16/h2,4,6,9,12,18H,3,5,7-8H2,1H3,(H,15,19). The molecule has 102 valence electrons. The van der Waals surface area contributed by atoms with Gasteiger partial charge in [0.15, 0.2) is 0 Å². The fourth-order valence-electron chi connectivity index (χ4n) is 2.25. The van der Waals surface area contributed by atoms with Gasteiger partial charge in [-0.2, -0.15) is 0 Å². The number of hydrogen-bond acceptors (Lipinski definition) is 3. The highest BCUT2D eigenvalue weighted by Gasteiger charge is 2.22. The summed E-state index contributed by atoms with van der Waals surface area (Å²) in [6, 6.07) is 4.98. The Bertz CT molecular complexity index is 488. The van der Waals surface area contributed by atoms with E-state index in [1.165, 1.54) is 0 Å². The van der Waals surface area contributed by atoms with Crippen LogP contribution in [0.1, 0.15) is 28.8 Å². The second-order valence-corrected chi connectivity index (χ2v) is 4.81. The highest BCUT2D eigenvalue weighted by atomic mass is 16.3. The molecule has 1 heterocycles. The molecule has 1 aromatic rings. The molecule has 1 unspecified atom stereocenters. The number of hydrogen-bond donors (Lipinski definition) is 2. The number of rotatable bonds is 2. The number of amides is 2. The summed E-state index contributed by atoms with van der Waals surface area (Å²) in [6.07, 6.45) is 1.88. The highest BCUT2D eigenvalue weighted by Crippen LogP contribution is 2.19. The van der Waals surface area contributed by atoms with E-state index in [-0.39, 0.29) is 6.03 Å². The van der Waals surface area contributed by atoms with Gasteiger partial charge in [0.05, 0.1) is 6.10 Å². The van der Waals surface area contributed by atoms with E-state index in [9.17, 15) is 14.7 Å². The Balaban J connectivity index is 2.08. The van der Waals surface area contributed by atoms with E-state index in [0.29, 0.717) is 24.3 Å². The van der Waals surface area contributed by atoms with Gasteiger partial charge < -0.3 is 15.3 Å². The van der Waals surface area contributed by atoms with Crippen LogP contribution in [0.5, 0.6) is 0 Å². The molecule has 0 aliphatic carbocycles. The molecule has 1 aliphatic rings. The summed E-state index contributed by atoms with van der Waals surface area (Å²) in [4.78, 5) is 24.5. The average Bonchev–Trinajstić information content (AvgIpc) is 2.41. The molecule has 2 rings (SSSR count). The van der Waals surface area contributed by atoms with Crippen molar-refractivity contribution >= 4 is 18.0 Å². The maximum Gasteiger partial charge on any atom is 0.321 e. The number of piperidine rings is 1. The molecule has 1 fully saturated rings. The van der Waals surface area contributed by atoms with Crippen molar-refractivity contribution in [2.75, 3.05) is 18.4 Å². The molecule has 0 saturated carbocycles. The fourth-order valence-corrected chi connectivity index (χ4v) is 2.25. The van der Waals surface area contributed by atoms with Gasteiger partial charge in [0.1, 0.15) is 6.29 Å². The van der Waals surface area contributed by atoms with Gasteiger partial charge in [0.25, 0.3) is 0 Å². The molecule has 1 aliphatic heterocycles. The largest absolute Gasteiger partial charge is 0.391 e. The molecular formula is C14H18N2O3. The molecule has 5 nitrogen and oxygen atoms in total. The number of aldehydes is 1. The van der Waals surface area contributed by atoms with E-state index in [1.54, 1.807) is 30.0 Å². The normalized spacial score (nSPS) is 19.1. The van der Waals surface area contributed by atoms with Gasteiger partial charge in [0.2, 0.25) is 0 Å². The molecular weight excluding hydrogens is 244 g/mol. The van der Waals surface area contributed by atoms with Gasteiger partial charge in [-0.15, -0.1) is 0 Å². The second-order valence-electron chi connectivity index (χ2n) is 4.81. The number of nitrogens with zero attached hydrogens (tertiary/aromatic N) is 1. The lowest BCUT2D eigenvalue weighted by Gasteiger charge is -2.30. The third kappa shape index (κ3) is 3.12. The van der Waals surface area contributed by atoms with Crippen LogP contribution in [0.15, 0.2) is 18.2 Å². The van der Waals surface area contributed by atoms with E-state index in [0.717, 1.165) is 24.7 Å². The van der Waals surface area contributed by atoms with Gasteiger partial charge in [-0.3, -0.25) is 4.79 Å². The Kier molecular flexibility index (Phi) is 4.16. The van der Waals surface area contributed by atoms with Crippen LogP contribution in [0.3, 0.4) is 0 Å². The Hall–Kier alpha value is -1.88. The van der Waals surface area contributed by atoms with Crippen LogP contribution in [-0.2, 0) is 0 Å². The van der Waals surface area contributed by atoms with Crippen LogP contribution in [0, 0.1) is 6.92 Å². The first-order chi connectivity index (χ1) is 9.11. The third-order valence-electron chi connectivity index (χ3n) is 3.43. The number of aliphatic hydroxyl groups is 1.